The smallest absolute Gasteiger partial charge is 0.0493 e. The Balaban J connectivity index is 2.77. The minimum atomic E-state index is 0.663. The maximum atomic E-state index is 5.95. The van der Waals surface area contributed by atoms with Crippen LogP contribution in [0.5, 0.6) is 0 Å². The molecule has 0 fully saturated rings. The van der Waals surface area contributed by atoms with Crippen molar-refractivity contribution in [3.05, 3.63) is 39.9 Å². The average Bonchev–Trinajstić information content (AvgIpc) is 2.09. The maximum absolute atomic E-state index is 5.95. The number of benzene rings is 1. The molecule has 0 radical (unpaired) electrons. The van der Waals surface area contributed by atoms with Crippen molar-refractivity contribution >= 4 is 29.3 Å². The first kappa shape index (κ1) is 10.6. The summed E-state index contributed by atoms with van der Waals surface area (Å²) in [5.41, 5.74) is 0.987. The summed E-state index contributed by atoms with van der Waals surface area (Å²) >= 11 is 11.7. The second kappa shape index (κ2) is 5.28. The first-order valence-electron chi connectivity index (χ1n) is 4.00. The lowest BCUT2D eigenvalue weighted by Gasteiger charge is -1.98. The Morgan fingerprint density at radius 1 is 1.38 bits per heavy atom. The van der Waals surface area contributed by atoms with Gasteiger partial charge in [-0.05, 0) is 24.7 Å². The number of hydrogen-bond donors (Lipinski definition) is 1. The van der Waals surface area contributed by atoms with Crippen molar-refractivity contribution in [3.8, 4) is 0 Å². The van der Waals surface area contributed by atoms with Gasteiger partial charge in [-0.15, -0.1) is 0 Å². The summed E-state index contributed by atoms with van der Waals surface area (Å²) in [5, 5.41) is 4.36. The molecule has 1 aromatic rings. The Morgan fingerprint density at radius 3 is 2.77 bits per heavy atom. The third-order valence-corrected chi connectivity index (χ3v) is 2.14. The number of likely N-dealkylation sites (N-methyl/N-ethyl adjacent to an activating group) is 1. The van der Waals surface area contributed by atoms with Gasteiger partial charge in [0.25, 0.3) is 0 Å². The second-order valence-electron chi connectivity index (χ2n) is 2.63. The zero-order valence-electron chi connectivity index (χ0n) is 7.35. The molecule has 1 aromatic carbocycles. The van der Waals surface area contributed by atoms with Gasteiger partial charge in [0.15, 0.2) is 0 Å². The highest BCUT2D eigenvalue weighted by atomic mass is 35.5. The highest BCUT2D eigenvalue weighted by Gasteiger charge is 1.96. The molecule has 0 bridgehead atoms. The molecule has 0 saturated carbocycles. The van der Waals surface area contributed by atoms with Gasteiger partial charge in [-0.3, -0.25) is 0 Å². The standard InChI is InChI=1S/C10H11Cl2N/c1-13-6-2-3-8-4-5-9(11)7-10(8)12/h2-5,7,13H,6H2,1H3/b3-2+. The van der Waals surface area contributed by atoms with Crippen LogP contribution in [0.1, 0.15) is 5.56 Å². The molecule has 3 heteroatoms. The highest BCUT2D eigenvalue weighted by molar-refractivity contribution is 6.35. The van der Waals surface area contributed by atoms with Crippen LogP contribution in [0.2, 0.25) is 10.0 Å². The minimum absolute atomic E-state index is 0.663. The van der Waals surface area contributed by atoms with Gasteiger partial charge < -0.3 is 5.32 Å². The molecule has 1 N–H and O–H groups in total. The number of nitrogens with one attached hydrogen (secondary N) is 1. The largest absolute Gasteiger partial charge is 0.316 e. The van der Waals surface area contributed by atoms with Crippen molar-refractivity contribution in [2.24, 2.45) is 0 Å². The average molecular weight is 216 g/mol. The Hall–Kier alpha value is -0.500. The molecule has 0 unspecified atom stereocenters. The third kappa shape index (κ3) is 3.39. The topological polar surface area (TPSA) is 12.0 Å². The maximum Gasteiger partial charge on any atom is 0.0493 e. The van der Waals surface area contributed by atoms with E-state index in [1.165, 1.54) is 0 Å². The van der Waals surface area contributed by atoms with Crippen LogP contribution in [-0.4, -0.2) is 13.6 Å². The van der Waals surface area contributed by atoms with E-state index in [4.69, 9.17) is 23.2 Å². The van der Waals surface area contributed by atoms with Gasteiger partial charge in [-0.25, -0.2) is 0 Å². The fraction of sp³-hybridized carbons (Fsp3) is 0.200. The van der Waals surface area contributed by atoms with E-state index in [2.05, 4.69) is 5.32 Å². The third-order valence-electron chi connectivity index (χ3n) is 1.58. The molecule has 1 rings (SSSR count). The zero-order valence-corrected chi connectivity index (χ0v) is 8.86. The first-order valence-corrected chi connectivity index (χ1v) is 4.76. The van der Waals surface area contributed by atoms with Crippen molar-refractivity contribution in [1.82, 2.24) is 5.32 Å². The molecule has 0 aliphatic heterocycles. The minimum Gasteiger partial charge on any atom is -0.316 e. The Kier molecular flexibility index (Phi) is 4.29. The van der Waals surface area contributed by atoms with Gasteiger partial charge in [0.1, 0.15) is 0 Å². The lowest BCUT2D eigenvalue weighted by Crippen LogP contribution is -2.03. The molecule has 0 amide bonds. The van der Waals surface area contributed by atoms with Gasteiger partial charge in [-0.1, -0.05) is 41.4 Å². The van der Waals surface area contributed by atoms with E-state index in [9.17, 15) is 0 Å². The van der Waals surface area contributed by atoms with Crippen molar-refractivity contribution in [3.63, 3.8) is 0 Å². The van der Waals surface area contributed by atoms with Crippen LogP contribution in [0.4, 0.5) is 0 Å². The van der Waals surface area contributed by atoms with Gasteiger partial charge in [0.2, 0.25) is 0 Å². The Labute approximate surface area is 88.4 Å². The first-order chi connectivity index (χ1) is 6.24. The molecule has 0 aliphatic carbocycles. The van der Waals surface area contributed by atoms with Gasteiger partial charge in [0, 0.05) is 16.6 Å². The van der Waals surface area contributed by atoms with E-state index in [-0.39, 0.29) is 0 Å². The van der Waals surface area contributed by atoms with E-state index < -0.39 is 0 Å². The Bertz CT molecular complexity index is 308. The summed E-state index contributed by atoms with van der Waals surface area (Å²) in [6.45, 7) is 0.832. The fourth-order valence-corrected chi connectivity index (χ4v) is 1.41. The Morgan fingerprint density at radius 2 is 2.15 bits per heavy atom. The lowest BCUT2D eigenvalue weighted by molar-refractivity contribution is 0.922. The van der Waals surface area contributed by atoms with Crippen LogP contribution in [0.25, 0.3) is 6.08 Å². The van der Waals surface area contributed by atoms with E-state index in [1.807, 2.05) is 31.3 Å². The predicted molar refractivity (Wildman–Crippen MR) is 59.4 cm³/mol. The van der Waals surface area contributed by atoms with Crippen molar-refractivity contribution in [1.29, 1.82) is 0 Å². The molecule has 0 aromatic heterocycles. The summed E-state index contributed by atoms with van der Waals surface area (Å²) in [7, 11) is 1.90. The number of halogens is 2. The summed E-state index contributed by atoms with van der Waals surface area (Å²) in [5.74, 6) is 0. The fourth-order valence-electron chi connectivity index (χ4n) is 0.940. The molecule has 0 saturated heterocycles. The monoisotopic (exact) mass is 215 g/mol. The lowest BCUT2D eigenvalue weighted by atomic mass is 10.2. The predicted octanol–water partition coefficient (Wildman–Crippen LogP) is 3.23. The van der Waals surface area contributed by atoms with Gasteiger partial charge >= 0.3 is 0 Å². The molecule has 70 valence electrons. The zero-order chi connectivity index (χ0) is 9.68. The SMILES string of the molecule is CNC/C=C/c1ccc(Cl)cc1Cl. The van der Waals surface area contributed by atoms with Gasteiger partial charge in [0.05, 0.1) is 0 Å². The molecule has 0 aliphatic rings. The van der Waals surface area contributed by atoms with Crippen LogP contribution < -0.4 is 5.32 Å². The van der Waals surface area contributed by atoms with Crippen molar-refractivity contribution < 1.29 is 0 Å². The molecular weight excluding hydrogens is 205 g/mol. The van der Waals surface area contributed by atoms with E-state index in [0.717, 1.165) is 12.1 Å². The van der Waals surface area contributed by atoms with E-state index in [1.54, 1.807) is 6.07 Å². The number of rotatable bonds is 3. The van der Waals surface area contributed by atoms with E-state index >= 15 is 0 Å². The molecule has 13 heavy (non-hydrogen) atoms. The van der Waals surface area contributed by atoms with Crippen LogP contribution >= 0.6 is 23.2 Å². The second-order valence-corrected chi connectivity index (χ2v) is 3.47. The summed E-state index contributed by atoms with van der Waals surface area (Å²) < 4.78 is 0. The molecule has 0 heterocycles. The molecular formula is C10H11Cl2N. The molecule has 1 nitrogen and oxygen atoms in total. The van der Waals surface area contributed by atoms with Crippen LogP contribution in [-0.2, 0) is 0 Å². The highest BCUT2D eigenvalue weighted by Crippen LogP contribution is 2.21. The van der Waals surface area contributed by atoms with E-state index in [0.29, 0.717) is 10.0 Å². The van der Waals surface area contributed by atoms with Crippen LogP contribution in [0, 0.1) is 0 Å². The summed E-state index contributed by atoms with van der Waals surface area (Å²) in [4.78, 5) is 0. The summed E-state index contributed by atoms with van der Waals surface area (Å²) in [6, 6.07) is 5.46. The van der Waals surface area contributed by atoms with Gasteiger partial charge in [-0.2, -0.15) is 0 Å². The normalized spacial score (nSPS) is 11.0. The van der Waals surface area contributed by atoms with Crippen LogP contribution in [0.15, 0.2) is 24.3 Å². The quantitative estimate of drug-likeness (QED) is 0.817. The molecule has 0 atom stereocenters. The summed E-state index contributed by atoms with van der Waals surface area (Å²) in [6.07, 6.45) is 3.98. The van der Waals surface area contributed by atoms with Crippen molar-refractivity contribution in [2.45, 2.75) is 0 Å². The molecule has 0 spiro atoms. The van der Waals surface area contributed by atoms with Crippen LogP contribution in [0.3, 0.4) is 0 Å². The number of hydrogen-bond acceptors (Lipinski definition) is 1. The van der Waals surface area contributed by atoms with Crippen molar-refractivity contribution in [2.75, 3.05) is 13.6 Å².